The summed E-state index contributed by atoms with van der Waals surface area (Å²) in [4.78, 5) is 10.4. The lowest BCUT2D eigenvalue weighted by Crippen LogP contribution is -2.38. The number of rotatable bonds is 5. The van der Waals surface area contributed by atoms with Crippen LogP contribution in [0.25, 0.3) is 0 Å². The molecule has 1 aromatic rings. The van der Waals surface area contributed by atoms with Crippen molar-refractivity contribution in [1.82, 2.24) is 5.32 Å². The highest BCUT2D eigenvalue weighted by Gasteiger charge is 2.37. The molecule has 0 spiro atoms. The van der Waals surface area contributed by atoms with E-state index in [4.69, 9.17) is 14.6 Å². The largest absolute Gasteiger partial charge is 0.475 e. The van der Waals surface area contributed by atoms with Crippen LogP contribution in [0.5, 0.6) is 0 Å². The van der Waals surface area contributed by atoms with Crippen LogP contribution in [-0.4, -0.2) is 35.0 Å². The minimum absolute atomic E-state index is 0.0968. The van der Waals surface area contributed by atoms with Crippen molar-refractivity contribution in [1.29, 1.82) is 0 Å². The minimum atomic E-state index is -4.68. The lowest BCUT2D eigenvalue weighted by atomic mass is 10.3. The SMILES string of the molecule is O=C(O)c1ccc(CNCC(O)C(F)(F)F)o1. The van der Waals surface area contributed by atoms with Crippen molar-refractivity contribution < 1.29 is 32.6 Å². The molecule has 0 radical (unpaired) electrons. The third-order valence-electron chi connectivity index (χ3n) is 1.89. The molecule has 0 aliphatic carbocycles. The van der Waals surface area contributed by atoms with E-state index >= 15 is 0 Å². The number of nitrogens with one attached hydrogen (secondary N) is 1. The van der Waals surface area contributed by atoms with Crippen LogP contribution >= 0.6 is 0 Å². The van der Waals surface area contributed by atoms with Gasteiger partial charge in [0, 0.05) is 6.54 Å². The molecule has 17 heavy (non-hydrogen) atoms. The number of hydrogen-bond acceptors (Lipinski definition) is 4. The number of halogens is 3. The van der Waals surface area contributed by atoms with Crippen molar-refractivity contribution in [2.75, 3.05) is 6.54 Å². The van der Waals surface area contributed by atoms with Gasteiger partial charge in [-0.1, -0.05) is 0 Å². The van der Waals surface area contributed by atoms with Gasteiger partial charge < -0.3 is 19.9 Å². The van der Waals surface area contributed by atoms with E-state index in [1.54, 1.807) is 0 Å². The molecule has 5 nitrogen and oxygen atoms in total. The minimum Gasteiger partial charge on any atom is -0.475 e. The second kappa shape index (κ2) is 5.19. The number of carboxylic acids is 1. The third kappa shape index (κ3) is 4.08. The van der Waals surface area contributed by atoms with Gasteiger partial charge in [-0.25, -0.2) is 4.79 Å². The monoisotopic (exact) mass is 253 g/mol. The highest BCUT2D eigenvalue weighted by molar-refractivity contribution is 5.84. The number of furan rings is 1. The Balaban J connectivity index is 2.38. The Hall–Kier alpha value is -1.54. The summed E-state index contributed by atoms with van der Waals surface area (Å²) >= 11 is 0. The maximum Gasteiger partial charge on any atom is 0.415 e. The van der Waals surface area contributed by atoms with Crippen LogP contribution < -0.4 is 5.32 Å². The first-order chi connectivity index (χ1) is 7.80. The summed E-state index contributed by atoms with van der Waals surface area (Å²) in [6, 6.07) is 2.52. The Morgan fingerprint density at radius 3 is 2.59 bits per heavy atom. The predicted molar refractivity (Wildman–Crippen MR) is 49.4 cm³/mol. The lowest BCUT2D eigenvalue weighted by Gasteiger charge is -2.14. The van der Waals surface area contributed by atoms with E-state index in [1.807, 2.05) is 0 Å². The van der Waals surface area contributed by atoms with Crippen LogP contribution in [0.4, 0.5) is 13.2 Å². The van der Waals surface area contributed by atoms with Crippen molar-refractivity contribution >= 4 is 5.97 Å². The number of alkyl halides is 3. The maximum atomic E-state index is 11.9. The smallest absolute Gasteiger partial charge is 0.415 e. The Labute approximate surface area is 93.8 Å². The molecule has 1 atom stereocenters. The first-order valence-corrected chi connectivity index (χ1v) is 4.58. The van der Waals surface area contributed by atoms with Crippen molar-refractivity contribution in [2.45, 2.75) is 18.8 Å². The summed E-state index contributed by atoms with van der Waals surface area (Å²) in [6.45, 7) is -0.785. The van der Waals surface area contributed by atoms with Gasteiger partial charge in [0.25, 0.3) is 0 Å². The van der Waals surface area contributed by atoms with Crippen molar-refractivity contribution in [3.63, 3.8) is 0 Å². The molecule has 1 rings (SSSR count). The molecule has 0 fully saturated rings. The molecule has 0 saturated carbocycles. The molecule has 96 valence electrons. The molecule has 1 aromatic heterocycles. The summed E-state index contributed by atoms with van der Waals surface area (Å²) < 4.78 is 40.5. The topological polar surface area (TPSA) is 82.7 Å². The standard InChI is InChI=1S/C9H10F3NO4/c10-9(11,12)7(14)4-13-3-5-1-2-6(17-5)8(15)16/h1-2,7,13-14H,3-4H2,(H,15,16). The Morgan fingerprint density at radius 2 is 2.12 bits per heavy atom. The second-order valence-electron chi connectivity index (χ2n) is 3.26. The van der Waals surface area contributed by atoms with Crippen molar-refractivity contribution in [3.8, 4) is 0 Å². The lowest BCUT2D eigenvalue weighted by molar-refractivity contribution is -0.201. The van der Waals surface area contributed by atoms with Crippen LogP contribution in [0.15, 0.2) is 16.5 Å². The first-order valence-electron chi connectivity index (χ1n) is 4.58. The van der Waals surface area contributed by atoms with Crippen LogP contribution in [0.1, 0.15) is 16.3 Å². The summed E-state index contributed by atoms with van der Waals surface area (Å²) in [5.41, 5.74) is 0. The van der Waals surface area contributed by atoms with Gasteiger partial charge in [-0.2, -0.15) is 13.2 Å². The number of aliphatic hydroxyl groups excluding tert-OH is 1. The van der Waals surface area contributed by atoms with Crippen molar-refractivity contribution in [2.24, 2.45) is 0 Å². The van der Waals surface area contributed by atoms with Crippen LogP contribution in [0, 0.1) is 0 Å². The van der Waals surface area contributed by atoms with E-state index in [-0.39, 0.29) is 18.1 Å². The highest BCUT2D eigenvalue weighted by Crippen LogP contribution is 2.19. The average molecular weight is 253 g/mol. The molecule has 0 saturated heterocycles. The molecule has 0 amide bonds. The second-order valence-corrected chi connectivity index (χ2v) is 3.26. The van der Waals surface area contributed by atoms with Crippen LogP contribution in [0.3, 0.4) is 0 Å². The van der Waals surface area contributed by atoms with Crippen LogP contribution in [-0.2, 0) is 6.54 Å². The van der Waals surface area contributed by atoms with Gasteiger partial charge in [-0.05, 0) is 12.1 Å². The van der Waals surface area contributed by atoms with Gasteiger partial charge in [-0.15, -0.1) is 0 Å². The van der Waals surface area contributed by atoms with Gasteiger partial charge in [-0.3, -0.25) is 0 Å². The van der Waals surface area contributed by atoms with Crippen molar-refractivity contribution in [3.05, 3.63) is 23.7 Å². The Morgan fingerprint density at radius 1 is 1.47 bits per heavy atom. The number of aromatic carboxylic acids is 1. The molecular weight excluding hydrogens is 243 g/mol. The van der Waals surface area contributed by atoms with Gasteiger partial charge in [0.2, 0.25) is 5.76 Å². The van der Waals surface area contributed by atoms with Gasteiger partial charge >= 0.3 is 12.1 Å². The van der Waals surface area contributed by atoms with Gasteiger partial charge in [0.15, 0.2) is 6.10 Å². The number of carboxylic acid groups (broad SMARTS) is 1. The first kappa shape index (κ1) is 13.5. The molecule has 0 aromatic carbocycles. The van der Waals surface area contributed by atoms with Gasteiger partial charge in [0.1, 0.15) is 5.76 Å². The Bertz CT molecular complexity index is 388. The zero-order chi connectivity index (χ0) is 13.1. The molecule has 0 aliphatic heterocycles. The summed E-state index contributed by atoms with van der Waals surface area (Å²) in [7, 11) is 0. The molecule has 8 heteroatoms. The van der Waals surface area contributed by atoms with E-state index in [0.29, 0.717) is 0 Å². The third-order valence-corrected chi connectivity index (χ3v) is 1.89. The fourth-order valence-electron chi connectivity index (χ4n) is 1.04. The fourth-order valence-corrected chi connectivity index (χ4v) is 1.04. The van der Waals surface area contributed by atoms with E-state index < -0.39 is 24.8 Å². The molecule has 1 heterocycles. The van der Waals surface area contributed by atoms with Gasteiger partial charge in [0.05, 0.1) is 6.54 Å². The number of hydrogen-bond donors (Lipinski definition) is 3. The molecular formula is C9H10F3NO4. The zero-order valence-electron chi connectivity index (χ0n) is 8.49. The molecule has 0 bridgehead atoms. The normalized spacial score (nSPS) is 13.6. The molecule has 1 unspecified atom stereocenters. The highest BCUT2D eigenvalue weighted by atomic mass is 19.4. The quantitative estimate of drug-likeness (QED) is 0.729. The van der Waals surface area contributed by atoms with E-state index in [2.05, 4.69) is 5.32 Å². The molecule has 3 N–H and O–H groups in total. The number of carbonyl (C=O) groups is 1. The van der Waals surface area contributed by atoms with E-state index in [0.717, 1.165) is 0 Å². The predicted octanol–water partition coefficient (Wildman–Crippen LogP) is 0.991. The number of aliphatic hydroxyl groups is 1. The van der Waals surface area contributed by atoms with E-state index in [9.17, 15) is 18.0 Å². The Kier molecular flexibility index (Phi) is 4.13. The fraction of sp³-hybridized carbons (Fsp3) is 0.444. The average Bonchev–Trinajstić information content (AvgIpc) is 2.64. The van der Waals surface area contributed by atoms with E-state index in [1.165, 1.54) is 12.1 Å². The summed E-state index contributed by atoms with van der Waals surface area (Å²) in [5.74, 6) is -1.37. The molecule has 0 aliphatic rings. The zero-order valence-corrected chi connectivity index (χ0v) is 8.49. The summed E-state index contributed by atoms with van der Waals surface area (Å²) in [6.07, 6.45) is -7.14. The summed E-state index contributed by atoms with van der Waals surface area (Å²) in [5, 5.41) is 19.5. The maximum absolute atomic E-state index is 11.9. The van der Waals surface area contributed by atoms with Crippen LogP contribution in [0.2, 0.25) is 0 Å².